The molecule has 0 aliphatic rings. The van der Waals surface area contributed by atoms with E-state index in [0.717, 1.165) is 18.4 Å². The van der Waals surface area contributed by atoms with Gasteiger partial charge in [0.2, 0.25) is 0 Å². The Hall–Kier alpha value is -2.28. The zero-order valence-electron chi connectivity index (χ0n) is 13.3. The molecule has 24 heavy (non-hydrogen) atoms. The van der Waals surface area contributed by atoms with Crippen molar-refractivity contribution in [3.05, 3.63) is 65.2 Å². The average molecular weight is 353 g/mol. The summed E-state index contributed by atoms with van der Waals surface area (Å²) in [5.41, 5.74) is 1.00. The van der Waals surface area contributed by atoms with Crippen molar-refractivity contribution < 1.29 is 22.0 Å². The molecule has 4 nitrogen and oxygen atoms in total. The molecule has 0 aliphatic heterocycles. The van der Waals surface area contributed by atoms with Gasteiger partial charge in [0.15, 0.2) is 21.5 Å². The Kier molecular flexibility index (Phi) is 5.33. The quantitative estimate of drug-likeness (QED) is 0.830. The fourth-order valence-corrected chi connectivity index (χ4v) is 3.13. The molecule has 0 aromatic heterocycles. The van der Waals surface area contributed by atoms with Crippen LogP contribution in [0.15, 0.2) is 42.5 Å². The summed E-state index contributed by atoms with van der Waals surface area (Å²) in [4.78, 5) is 13.9. The number of carbonyl (C=O) groups is 1. The second kappa shape index (κ2) is 7.09. The number of hydrogen-bond donors (Lipinski definition) is 0. The summed E-state index contributed by atoms with van der Waals surface area (Å²) in [5.74, 6) is -2.62. The van der Waals surface area contributed by atoms with Gasteiger partial charge in [0.25, 0.3) is 5.91 Å². The van der Waals surface area contributed by atoms with E-state index in [1.54, 1.807) is 25.1 Å². The predicted octanol–water partition coefficient (Wildman–Crippen LogP) is 3.18. The maximum Gasteiger partial charge on any atom is 0.258 e. The van der Waals surface area contributed by atoms with Gasteiger partial charge in [-0.2, -0.15) is 0 Å². The maximum atomic E-state index is 13.4. The predicted molar refractivity (Wildman–Crippen MR) is 88.7 cm³/mol. The summed E-state index contributed by atoms with van der Waals surface area (Å²) in [6.45, 7) is 1.96. The zero-order valence-corrected chi connectivity index (χ0v) is 14.1. The van der Waals surface area contributed by atoms with Gasteiger partial charge in [-0.05, 0) is 36.8 Å². The molecular weight excluding hydrogens is 336 g/mol. The lowest BCUT2D eigenvalue weighted by molar-refractivity contribution is 0.0988. The Balaban J connectivity index is 2.34. The van der Waals surface area contributed by atoms with E-state index in [1.165, 1.54) is 17.0 Å². The van der Waals surface area contributed by atoms with Crippen LogP contribution < -0.4 is 4.90 Å². The van der Waals surface area contributed by atoms with Crippen LogP contribution in [0.5, 0.6) is 0 Å². The number of sulfone groups is 1. The highest BCUT2D eigenvalue weighted by Gasteiger charge is 2.18. The lowest BCUT2D eigenvalue weighted by atomic mass is 10.1. The molecule has 1 amide bonds. The molecule has 128 valence electrons. The molecule has 0 unspecified atom stereocenters. The summed E-state index contributed by atoms with van der Waals surface area (Å²) in [7, 11) is -3.22. The molecule has 0 saturated heterocycles. The Labute approximate surface area is 139 Å². The van der Waals surface area contributed by atoms with Gasteiger partial charge in [0.1, 0.15) is 0 Å². The van der Waals surface area contributed by atoms with Crippen LogP contribution in [0.1, 0.15) is 22.8 Å². The van der Waals surface area contributed by atoms with Gasteiger partial charge in [0.05, 0.1) is 5.75 Å². The Bertz CT molecular complexity index is 866. The van der Waals surface area contributed by atoms with Gasteiger partial charge < -0.3 is 4.90 Å². The van der Waals surface area contributed by atoms with Gasteiger partial charge in [-0.1, -0.05) is 12.1 Å². The Morgan fingerprint density at radius 3 is 2.38 bits per heavy atom. The smallest absolute Gasteiger partial charge is 0.258 e. The van der Waals surface area contributed by atoms with E-state index >= 15 is 0 Å². The van der Waals surface area contributed by atoms with Crippen LogP contribution in [-0.2, 0) is 15.6 Å². The van der Waals surface area contributed by atoms with E-state index < -0.39 is 27.4 Å². The lowest BCUT2D eigenvalue weighted by Crippen LogP contribution is -2.30. The van der Waals surface area contributed by atoms with E-state index in [1.807, 2.05) is 0 Å². The third-order valence-electron chi connectivity index (χ3n) is 3.38. The fraction of sp³-hybridized carbons (Fsp3) is 0.235. The first kappa shape index (κ1) is 18.1. The largest absolute Gasteiger partial charge is 0.309 e. The standard InChI is InChI=1S/C17H17F2NO3S/c1-3-20(14-7-8-15(18)16(19)10-14)17(21)13-6-4-5-12(9-13)11-24(2,22)23/h4-10H,3,11H2,1-2H3. The molecule has 0 fully saturated rings. The topological polar surface area (TPSA) is 54.5 Å². The summed E-state index contributed by atoms with van der Waals surface area (Å²) in [6, 6.07) is 9.49. The number of rotatable bonds is 5. The van der Waals surface area contributed by atoms with Gasteiger partial charge in [0, 0.05) is 30.1 Å². The monoisotopic (exact) mass is 353 g/mol. The van der Waals surface area contributed by atoms with E-state index in [4.69, 9.17) is 0 Å². The molecule has 2 aromatic rings. The molecule has 0 saturated carbocycles. The molecule has 2 aromatic carbocycles. The van der Waals surface area contributed by atoms with Gasteiger partial charge in [-0.3, -0.25) is 4.79 Å². The van der Waals surface area contributed by atoms with Gasteiger partial charge >= 0.3 is 0 Å². The molecular formula is C17H17F2NO3S. The first-order valence-electron chi connectivity index (χ1n) is 7.25. The average Bonchev–Trinajstić information content (AvgIpc) is 2.50. The number of hydrogen-bond acceptors (Lipinski definition) is 3. The summed E-state index contributed by atoms with van der Waals surface area (Å²) in [5, 5.41) is 0. The van der Waals surface area contributed by atoms with Crippen LogP contribution >= 0.6 is 0 Å². The molecule has 0 bridgehead atoms. The molecule has 7 heteroatoms. The van der Waals surface area contributed by atoms with Crippen molar-refractivity contribution >= 4 is 21.4 Å². The maximum absolute atomic E-state index is 13.4. The van der Waals surface area contributed by atoms with Crippen molar-refractivity contribution in [3.8, 4) is 0 Å². The third-order valence-corrected chi connectivity index (χ3v) is 4.24. The van der Waals surface area contributed by atoms with Gasteiger partial charge in [-0.25, -0.2) is 17.2 Å². The zero-order chi connectivity index (χ0) is 17.9. The molecule has 0 heterocycles. The number of carbonyl (C=O) groups excluding carboxylic acids is 1. The fourth-order valence-electron chi connectivity index (χ4n) is 2.35. The summed E-state index contributed by atoms with van der Waals surface area (Å²) >= 11 is 0. The van der Waals surface area contributed by atoms with Crippen LogP contribution in [-0.4, -0.2) is 27.1 Å². The highest BCUT2D eigenvalue weighted by atomic mass is 32.2. The third kappa shape index (κ3) is 4.38. The van der Waals surface area contributed by atoms with Gasteiger partial charge in [-0.15, -0.1) is 0 Å². The second-order valence-electron chi connectivity index (χ2n) is 5.42. The number of benzene rings is 2. The summed E-state index contributed by atoms with van der Waals surface area (Å²) in [6.07, 6.45) is 1.11. The second-order valence-corrected chi connectivity index (χ2v) is 7.56. The molecule has 0 N–H and O–H groups in total. The molecule has 0 spiro atoms. The number of nitrogens with zero attached hydrogens (tertiary/aromatic N) is 1. The van der Waals surface area contributed by atoms with Crippen LogP contribution in [0.3, 0.4) is 0 Å². The minimum absolute atomic E-state index is 0.175. The Morgan fingerprint density at radius 1 is 1.08 bits per heavy atom. The van der Waals surface area contributed by atoms with Crippen LogP contribution in [0, 0.1) is 11.6 Å². The van der Waals surface area contributed by atoms with E-state index in [2.05, 4.69) is 0 Å². The van der Waals surface area contributed by atoms with Crippen molar-refractivity contribution in [2.45, 2.75) is 12.7 Å². The first-order chi connectivity index (χ1) is 11.2. The number of amides is 1. The van der Waals surface area contributed by atoms with Crippen molar-refractivity contribution in [1.29, 1.82) is 0 Å². The molecule has 2 rings (SSSR count). The molecule has 0 atom stereocenters. The number of halogens is 2. The minimum atomic E-state index is -3.22. The highest BCUT2D eigenvalue weighted by molar-refractivity contribution is 7.89. The molecule has 0 radical (unpaired) electrons. The van der Waals surface area contributed by atoms with Crippen molar-refractivity contribution in [1.82, 2.24) is 0 Å². The highest BCUT2D eigenvalue weighted by Crippen LogP contribution is 2.21. The molecule has 0 aliphatic carbocycles. The van der Waals surface area contributed by atoms with E-state index in [0.29, 0.717) is 5.56 Å². The van der Waals surface area contributed by atoms with Crippen molar-refractivity contribution in [3.63, 3.8) is 0 Å². The van der Waals surface area contributed by atoms with Crippen LogP contribution in [0.2, 0.25) is 0 Å². The van der Waals surface area contributed by atoms with Crippen LogP contribution in [0.4, 0.5) is 14.5 Å². The SMILES string of the molecule is CCN(C(=O)c1cccc(CS(C)(=O)=O)c1)c1ccc(F)c(F)c1. The lowest BCUT2D eigenvalue weighted by Gasteiger charge is -2.21. The first-order valence-corrected chi connectivity index (χ1v) is 9.31. The van der Waals surface area contributed by atoms with Crippen molar-refractivity contribution in [2.24, 2.45) is 0 Å². The van der Waals surface area contributed by atoms with E-state index in [-0.39, 0.29) is 23.5 Å². The van der Waals surface area contributed by atoms with Crippen LogP contribution in [0.25, 0.3) is 0 Å². The normalized spacial score (nSPS) is 11.3. The Morgan fingerprint density at radius 2 is 1.79 bits per heavy atom. The minimum Gasteiger partial charge on any atom is -0.309 e. The van der Waals surface area contributed by atoms with Crippen molar-refractivity contribution in [2.75, 3.05) is 17.7 Å². The summed E-state index contributed by atoms with van der Waals surface area (Å²) < 4.78 is 49.3. The number of anilines is 1. The van der Waals surface area contributed by atoms with E-state index in [9.17, 15) is 22.0 Å².